The molecule has 1 atom stereocenters. The van der Waals surface area contributed by atoms with E-state index < -0.39 is 0 Å². The largest absolute Gasteiger partial charge is 0.486 e. The van der Waals surface area contributed by atoms with Crippen LogP contribution in [0.15, 0.2) is 36.8 Å². The van der Waals surface area contributed by atoms with Crippen LogP contribution in [0.4, 0.5) is 10.6 Å². The number of urea groups is 1. The minimum Gasteiger partial charge on any atom is -0.486 e. The van der Waals surface area contributed by atoms with E-state index in [1.165, 1.54) is 0 Å². The number of rotatable bonds is 6. The Hall–Kier alpha value is -3.03. The molecule has 25 heavy (non-hydrogen) atoms. The van der Waals surface area contributed by atoms with E-state index in [-0.39, 0.29) is 12.1 Å². The molecule has 0 unspecified atom stereocenters. The molecule has 1 aromatic carbocycles. The van der Waals surface area contributed by atoms with E-state index in [1.54, 1.807) is 18.6 Å². The van der Waals surface area contributed by atoms with E-state index in [2.05, 4.69) is 25.9 Å². The van der Waals surface area contributed by atoms with E-state index in [0.717, 1.165) is 11.3 Å². The summed E-state index contributed by atoms with van der Waals surface area (Å²) in [6.45, 7) is 4.05. The molecule has 132 valence electrons. The monoisotopic (exact) mass is 343 g/mol. The first-order valence-electron chi connectivity index (χ1n) is 8.16. The van der Waals surface area contributed by atoms with E-state index in [9.17, 15) is 4.79 Å². The van der Waals surface area contributed by atoms with Crippen molar-refractivity contribution in [1.82, 2.24) is 20.6 Å². The van der Waals surface area contributed by atoms with Crippen LogP contribution in [0.25, 0.3) is 0 Å². The second kappa shape index (κ2) is 8.18. The first-order valence-corrected chi connectivity index (χ1v) is 8.16. The first-order chi connectivity index (χ1) is 12.2. The summed E-state index contributed by atoms with van der Waals surface area (Å²) in [7, 11) is 0. The Bertz CT molecular complexity index is 711. The van der Waals surface area contributed by atoms with Crippen LogP contribution in [0.1, 0.15) is 18.5 Å². The predicted octanol–water partition coefficient (Wildman–Crippen LogP) is 1.72. The molecule has 0 saturated carbocycles. The Labute approximate surface area is 146 Å². The molecule has 0 spiro atoms. The summed E-state index contributed by atoms with van der Waals surface area (Å²) in [6, 6.07) is 5.31. The first kappa shape index (κ1) is 16.8. The molecule has 0 fully saturated rings. The zero-order chi connectivity index (χ0) is 17.5. The summed E-state index contributed by atoms with van der Waals surface area (Å²) in [5.41, 5.74) is 0.956. The number of ether oxygens (including phenoxy) is 2. The zero-order valence-electron chi connectivity index (χ0n) is 14.0. The minimum atomic E-state index is -0.233. The third kappa shape index (κ3) is 4.72. The van der Waals surface area contributed by atoms with Crippen molar-refractivity contribution in [2.45, 2.75) is 13.0 Å². The van der Waals surface area contributed by atoms with Gasteiger partial charge in [0.1, 0.15) is 19.0 Å². The molecule has 0 saturated heterocycles. The van der Waals surface area contributed by atoms with Crippen LogP contribution in [0.3, 0.4) is 0 Å². The fourth-order valence-corrected chi connectivity index (χ4v) is 2.42. The SMILES string of the molecule is C[C@@H](NC(=O)NCCNc1cnccn1)c1ccc2c(c1)OCCO2. The molecule has 8 heteroatoms. The maximum absolute atomic E-state index is 12.0. The average Bonchev–Trinajstić information content (AvgIpc) is 2.65. The Morgan fingerprint density at radius 1 is 1.20 bits per heavy atom. The number of nitrogens with zero attached hydrogens (tertiary/aromatic N) is 2. The molecule has 2 aromatic rings. The maximum atomic E-state index is 12.0. The fourth-order valence-electron chi connectivity index (χ4n) is 2.42. The van der Waals surface area contributed by atoms with Gasteiger partial charge in [0.2, 0.25) is 0 Å². The number of amides is 2. The summed E-state index contributed by atoms with van der Waals surface area (Å²) >= 11 is 0. The number of aromatic nitrogens is 2. The number of anilines is 1. The molecule has 0 radical (unpaired) electrons. The van der Waals surface area contributed by atoms with Gasteiger partial charge in [0.05, 0.1) is 12.2 Å². The fraction of sp³-hybridized carbons (Fsp3) is 0.353. The van der Waals surface area contributed by atoms with Crippen molar-refractivity contribution >= 4 is 11.8 Å². The second-order valence-corrected chi connectivity index (χ2v) is 5.54. The van der Waals surface area contributed by atoms with Crippen LogP contribution >= 0.6 is 0 Å². The highest BCUT2D eigenvalue weighted by atomic mass is 16.6. The summed E-state index contributed by atoms with van der Waals surface area (Å²) in [4.78, 5) is 20.0. The zero-order valence-corrected chi connectivity index (χ0v) is 14.0. The lowest BCUT2D eigenvalue weighted by molar-refractivity contribution is 0.171. The third-order valence-electron chi connectivity index (χ3n) is 3.69. The van der Waals surface area contributed by atoms with Crippen LogP contribution in [0.2, 0.25) is 0 Å². The molecule has 0 aliphatic carbocycles. The van der Waals surface area contributed by atoms with Gasteiger partial charge in [0, 0.05) is 25.5 Å². The Morgan fingerprint density at radius 3 is 2.84 bits per heavy atom. The van der Waals surface area contributed by atoms with E-state index in [1.807, 2.05) is 25.1 Å². The molecule has 2 amide bonds. The van der Waals surface area contributed by atoms with Crippen molar-refractivity contribution in [1.29, 1.82) is 0 Å². The van der Waals surface area contributed by atoms with Crippen molar-refractivity contribution in [3.8, 4) is 11.5 Å². The average molecular weight is 343 g/mol. The second-order valence-electron chi connectivity index (χ2n) is 5.54. The molecule has 1 aliphatic rings. The van der Waals surface area contributed by atoms with Crippen LogP contribution in [0, 0.1) is 0 Å². The van der Waals surface area contributed by atoms with Gasteiger partial charge in [-0.3, -0.25) is 4.98 Å². The minimum absolute atomic E-state index is 0.149. The Morgan fingerprint density at radius 2 is 2.04 bits per heavy atom. The molecular weight excluding hydrogens is 322 g/mol. The molecular formula is C17H21N5O3. The highest BCUT2D eigenvalue weighted by Gasteiger charge is 2.15. The number of hydrogen-bond acceptors (Lipinski definition) is 6. The van der Waals surface area contributed by atoms with Crippen molar-refractivity contribution < 1.29 is 14.3 Å². The van der Waals surface area contributed by atoms with E-state index in [0.29, 0.717) is 37.9 Å². The number of carbonyl (C=O) groups is 1. The number of carbonyl (C=O) groups excluding carboxylic acids is 1. The van der Waals surface area contributed by atoms with Crippen LogP contribution in [-0.4, -0.2) is 42.3 Å². The van der Waals surface area contributed by atoms with Gasteiger partial charge in [-0.15, -0.1) is 0 Å². The summed E-state index contributed by atoms with van der Waals surface area (Å²) < 4.78 is 11.1. The number of hydrogen-bond donors (Lipinski definition) is 3. The maximum Gasteiger partial charge on any atom is 0.315 e. The van der Waals surface area contributed by atoms with Crippen molar-refractivity contribution in [3.05, 3.63) is 42.4 Å². The number of fused-ring (bicyclic) bond motifs is 1. The van der Waals surface area contributed by atoms with Crippen molar-refractivity contribution in [2.75, 3.05) is 31.6 Å². The van der Waals surface area contributed by atoms with Gasteiger partial charge in [-0.2, -0.15) is 0 Å². The smallest absolute Gasteiger partial charge is 0.315 e. The lowest BCUT2D eigenvalue weighted by Crippen LogP contribution is -2.39. The molecule has 8 nitrogen and oxygen atoms in total. The van der Waals surface area contributed by atoms with Crippen molar-refractivity contribution in [3.63, 3.8) is 0 Å². The molecule has 3 N–H and O–H groups in total. The van der Waals surface area contributed by atoms with Crippen molar-refractivity contribution in [2.24, 2.45) is 0 Å². The highest BCUT2D eigenvalue weighted by Crippen LogP contribution is 2.32. The van der Waals surface area contributed by atoms with Gasteiger partial charge in [-0.25, -0.2) is 9.78 Å². The standard InChI is InChI=1S/C17H21N5O3/c1-12(13-2-3-14-15(10-13)25-9-8-24-14)22-17(23)21-7-6-20-16-11-18-4-5-19-16/h2-5,10-12H,6-9H2,1H3,(H,19,20)(H2,21,22,23)/t12-/m1/s1. The van der Waals surface area contributed by atoms with Crippen LogP contribution in [0.5, 0.6) is 11.5 Å². The van der Waals surface area contributed by atoms with Gasteiger partial charge in [0.15, 0.2) is 11.5 Å². The molecule has 1 aliphatic heterocycles. The normalized spacial score (nSPS) is 13.6. The van der Waals surface area contributed by atoms with Gasteiger partial charge < -0.3 is 25.4 Å². The summed E-state index contributed by atoms with van der Waals surface area (Å²) in [5.74, 6) is 2.13. The lowest BCUT2D eigenvalue weighted by atomic mass is 10.1. The quantitative estimate of drug-likeness (QED) is 0.691. The van der Waals surface area contributed by atoms with Gasteiger partial charge >= 0.3 is 6.03 Å². The molecule has 1 aromatic heterocycles. The van der Waals surface area contributed by atoms with E-state index in [4.69, 9.17) is 9.47 Å². The van der Waals surface area contributed by atoms with Gasteiger partial charge in [-0.1, -0.05) is 6.07 Å². The summed E-state index contributed by atoms with van der Waals surface area (Å²) in [6.07, 6.45) is 4.84. The Kier molecular flexibility index (Phi) is 5.50. The molecule has 3 rings (SSSR count). The predicted molar refractivity (Wildman–Crippen MR) is 92.9 cm³/mol. The van der Waals surface area contributed by atoms with Crippen LogP contribution < -0.4 is 25.4 Å². The molecule has 2 heterocycles. The number of nitrogens with one attached hydrogen (secondary N) is 3. The lowest BCUT2D eigenvalue weighted by Gasteiger charge is -2.21. The third-order valence-corrected chi connectivity index (χ3v) is 3.69. The topological polar surface area (TPSA) is 97.4 Å². The molecule has 0 bridgehead atoms. The van der Waals surface area contributed by atoms with E-state index >= 15 is 0 Å². The highest BCUT2D eigenvalue weighted by molar-refractivity contribution is 5.74. The Balaban J connectivity index is 1.43. The van der Waals surface area contributed by atoms with Gasteiger partial charge in [0.25, 0.3) is 0 Å². The number of benzene rings is 1. The van der Waals surface area contributed by atoms with Gasteiger partial charge in [-0.05, 0) is 24.6 Å². The van der Waals surface area contributed by atoms with Crippen LogP contribution in [-0.2, 0) is 0 Å². The summed E-state index contributed by atoms with van der Waals surface area (Å²) in [5, 5.41) is 8.77.